The van der Waals surface area contributed by atoms with Gasteiger partial charge in [0.2, 0.25) is 0 Å². The van der Waals surface area contributed by atoms with Crippen molar-refractivity contribution in [3.63, 3.8) is 0 Å². The lowest BCUT2D eigenvalue weighted by Gasteiger charge is -2.38. The number of benzene rings is 1. The number of nitrogens with zero attached hydrogens (tertiary/aromatic N) is 5. The molecule has 3 aliphatic rings. The molecule has 9 nitrogen and oxygen atoms in total. The van der Waals surface area contributed by atoms with Gasteiger partial charge >= 0.3 is 12.1 Å². The van der Waals surface area contributed by atoms with Crippen molar-refractivity contribution < 1.29 is 19.4 Å². The molecule has 3 aliphatic heterocycles. The lowest BCUT2D eigenvalue weighted by molar-refractivity contribution is -0.137. The van der Waals surface area contributed by atoms with Gasteiger partial charge in [0.15, 0.2) is 6.23 Å². The Kier molecular flexibility index (Phi) is 8.77. The van der Waals surface area contributed by atoms with E-state index in [1.807, 2.05) is 4.90 Å². The van der Waals surface area contributed by atoms with Gasteiger partial charge in [-0.25, -0.2) is 4.79 Å². The molecule has 4 rings (SSSR count). The van der Waals surface area contributed by atoms with Gasteiger partial charge in [0, 0.05) is 72.0 Å². The predicted molar refractivity (Wildman–Crippen MR) is 129 cm³/mol. The monoisotopic (exact) mass is 473 g/mol. The average Bonchev–Trinajstić information content (AvgIpc) is 3.13. The summed E-state index contributed by atoms with van der Waals surface area (Å²) in [5.41, 5.74) is 1.37. The highest BCUT2D eigenvalue weighted by molar-refractivity contribution is 5.70. The first-order valence-corrected chi connectivity index (χ1v) is 12.6. The predicted octanol–water partition coefficient (Wildman–Crippen LogP) is 1.45. The Morgan fingerprint density at radius 1 is 0.912 bits per heavy atom. The second-order valence-corrected chi connectivity index (χ2v) is 9.69. The Hall–Kier alpha value is -2.20. The zero-order valence-electron chi connectivity index (χ0n) is 20.3. The quantitative estimate of drug-likeness (QED) is 0.547. The first kappa shape index (κ1) is 24.9. The van der Waals surface area contributed by atoms with Crippen molar-refractivity contribution in [3.8, 4) is 0 Å². The highest BCUT2D eigenvalue weighted by atomic mass is 16.6. The average molecular weight is 474 g/mol. The molecule has 3 saturated heterocycles. The second kappa shape index (κ2) is 12.0. The van der Waals surface area contributed by atoms with E-state index in [9.17, 15) is 9.59 Å². The third-order valence-corrected chi connectivity index (χ3v) is 7.36. The van der Waals surface area contributed by atoms with Crippen LogP contribution in [-0.2, 0) is 16.1 Å². The summed E-state index contributed by atoms with van der Waals surface area (Å²) in [4.78, 5) is 34.6. The van der Waals surface area contributed by atoms with Crippen LogP contribution in [0.4, 0.5) is 4.79 Å². The van der Waals surface area contributed by atoms with Crippen molar-refractivity contribution in [1.82, 2.24) is 24.5 Å². The number of hydrogen-bond acceptors (Lipinski definition) is 7. The van der Waals surface area contributed by atoms with E-state index in [1.165, 1.54) is 5.56 Å². The SMILES string of the molecule is CC1C(N2CCN(CCC(=O)O)CC2)OC(=O)N1CCCN1CCN(Cc2ccccc2)CC1. The van der Waals surface area contributed by atoms with Gasteiger partial charge in [0.1, 0.15) is 0 Å². The molecular formula is C25H39N5O4. The summed E-state index contributed by atoms with van der Waals surface area (Å²) in [5, 5.41) is 8.88. The number of ether oxygens (including phenoxy) is 1. The van der Waals surface area contributed by atoms with Gasteiger partial charge < -0.3 is 24.5 Å². The summed E-state index contributed by atoms with van der Waals surface area (Å²) in [6.45, 7) is 12.9. The Labute approximate surface area is 202 Å². The van der Waals surface area contributed by atoms with Crippen LogP contribution in [0.3, 0.4) is 0 Å². The maximum atomic E-state index is 12.6. The number of amides is 1. The van der Waals surface area contributed by atoms with Gasteiger partial charge in [-0.15, -0.1) is 0 Å². The fourth-order valence-electron chi connectivity index (χ4n) is 5.24. The number of rotatable bonds is 10. The third kappa shape index (κ3) is 6.69. The van der Waals surface area contributed by atoms with E-state index in [4.69, 9.17) is 9.84 Å². The van der Waals surface area contributed by atoms with Crippen LogP contribution < -0.4 is 0 Å². The van der Waals surface area contributed by atoms with Crippen LogP contribution in [0.15, 0.2) is 30.3 Å². The van der Waals surface area contributed by atoms with Crippen molar-refractivity contribution in [3.05, 3.63) is 35.9 Å². The first-order valence-electron chi connectivity index (χ1n) is 12.6. The number of carbonyl (C=O) groups excluding carboxylic acids is 1. The van der Waals surface area contributed by atoms with Crippen molar-refractivity contribution >= 4 is 12.1 Å². The molecule has 1 N–H and O–H groups in total. The van der Waals surface area contributed by atoms with Crippen LogP contribution >= 0.6 is 0 Å². The van der Waals surface area contributed by atoms with Crippen LogP contribution in [0.2, 0.25) is 0 Å². The number of piperazine rings is 2. The Bertz CT molecular complexity index is 794. The summed E-state index contributed by atoms with van der Waals surface area (Å²) in [6.07, 6.45) is 0.701. The molecule has 34 heavy (non-hydrogen) atoms. The molecule has 188 valence electrons. The molecule has 2 unspecified atom stereocenters. The van der Waals surface area contributed by atoms with E-state index in [1.54, 1.807) is 0 Å². The van der Waals surface area contributed by atoms with Gasteiger partial charge in [-0.3, -0.25) is 14.6 Å². The second-order valence-electron chi connectivity index (χ2n) is 9.69. The van der Waals surface area contributed by atoms with Gasteiger partial charge in [-0.2, -0.15) is 0 Å². The summed E-state index contributed by atoms with van der Waals surface area (Å²) in [7, 11) is 0. The topological polar surface area (TPSA) is 79.8 Å². The number of cyclic esters (lactones) is 1. The Morgan fingerprint density at radius 3 is 2.21 bits per heavy atom. The molecule has 2 atom stereocenters. The molecule has 0 aliphatic carbocycles. The Balaban J connectivity index is 1.14. The number of carbonyl (C=O) groups is 2. The van der Waals surface area contributed by atoms with Crippen molar-refractivity contribution in [2.24, 2.45) is 0 Å². The zero-order valence-corrected chi connectivity index (χ0v) is 20.3. The smallest absolute Gasteiger partial charge is 0.411 e. The van der Waals surface area contributed by atoms with Crippen LogP contribution in [-0.4, -0.2) is 126 Å². The molecule has 9 heteroatoms. The number of aliphatic carboxylic acids is 1. The first-order chi connectivity index (χ1) is 16.5. The fraction of sp³-hybridized carbons (Fsp3) is 0.680. The van der Waals surface area contributed by atoms with E-state index in [2.05, 4.69) is 56.9 Å². The molecule has 3 fully saturated rings. The highest BCUT2D eigenvalue weighted by Crippen LogP contribution is 2.24. The molecular weight excluding hydrogens is 434 g/mol. The molecule has 0 saturated carbocycles. The van der Waals surface area contributed by atoms with E-state index < -0.39 is 5.97 Å². The van der Waals surface area contributed by atoms with Gasteiger partial charge in [0.25, 0.3) is 0 Å². The third-order valence-electron chi connectivity index (χ3n) is 7.36. The van der Waals surface area contributed by atoms with Crippen molar-refractivity contribution in [2.75, 3.05) is 72.0 Å². The lowest BCUT2D eigenvalue weighted by Crippen LogP contribution is -2.53. The minimum Gasteiger partial charge on any atom is -0.481 e. The standard InChI is InChI=1S/C25H39N5O4/c1-21-24(29-18-16-27(17-19-29)11-8-23(31)32)34-25(33)30(21)10-5-9-26-12-14-28(15-13-26)20-22-6-3-2-4-7-22/h2-4,6-7,21,24H,5,8-20H2,1H3,(H,31,32). The molecule has 3 heterocycles. The maximum Gasteiger partial charge on any atom is 0.411 e. The summed E-state index contributed by atoms with van der Waals surface area (Å²) < 4.78 is 5.75. The zero-order chi connectivity index (χ0) is 23.9. The van der Waals surface area contributed by atoms with E-state index in [0.717, 1.165) is 78.4 Å². The van der Waals surface area contributed by atoms with Crippen molar-refractivity contribution in [2.45, 2.75) is 38.6 Å². The van der Waals surface area contributed by atoms with E-state index >= 15 is 0 Å². The van der Waals surface area contributed by atoms with Gasteiger partial charge in [0.05, 0.1) is 12.5 Å². The molecule has 0 bridgehead atoms. The molecule has 1 amide bonds. The normalized spacial score (nSPS) is 25.6. The summed E-state index contributed by atoms with van der Waals surface area (Å²) in [5.74, 6) is -0.759. The van der Waals surface area contributed by atoms with E-state index in [0.29, 0.717) is 6.54 Å². The van der Waals surface area contributed by atoms with Crippen LogP contribution in [0.25, 0.3) is 0 Å². The summed E-state index contributed by atoms with van der Waals surface area (Å²) in [6, 6.07) is 10.7. The molecule has 1 aromatic carbocycles. The fourth-order valence-corrected chi connectivity index (χ4v) is 5.24. The van der Waals surface area contributed by atoms with Crippen LogP contribution in [0, 0.1) is 0 Å². The maximum absolute atomic E-state index is 12.6. The molecule has 1 aromatic rings. The molecule has 0 spiro atoms. The summed E-state index contributed by atoms with van der Waals surface area (Å²) >= 11 is 0. The van der Waals surface area contributed by atoms with E-state index in [-0.39, 0.29) is 24.8 Å². The largest absolute Gasteiger partial charge is 0.481 e. The van der Waals surface area contributed by atoms with Crippen LogP contribution in [0.5, 0.6) is 0 Å². The number of hydrogen-bond donors (Lipinski definition) is 1. The number of carboxylic acid groups (broad SMARTS) is 1. The van der Waals surface area contributed by atoms with Crippen molar-refractivity contribution in [1.29, 1.82) is 0 Å². The lowest BCUT2D eigenvalue weighted by atomic mass is 10.2. The van der Waals surface area contributed by atoms with Gasteiger partial charge in [-0.1, -0.05) is 30.3 Å². The molecule has 0 radical (unpaired) electrons. The minimum atomic E-state index is -0.759. The molecule has 0 aromatic heterocycles. The van der Waals surface area contributed by atoms with Crippen LogP contribution in [0.1, 0.15) is 25.3 Å². The minimum absolute atomic E-state index is 0.0285. The number of carboxylic acids is 1. The van der Waals surface area contributed by atoms with Gasteiger partial charge in [-0.05, 0) is 25.5 Å². The highest BCUT2D eigenvalue weighted by Gasteiger charge is 2.42. The Morgan fingerprint density at radius 2 is 1.53 bits per heavy atom.